The minimum absolute atomic E-state index is 0.145. The first kappa shape index (κ1) is 20.6. The molecule has 0 aliphatic rings. The van der Waals surface area contributed by atoms with Gasteiger partial charge in [0.15, 0.2) is 0 Å². The number of carbonyl (C=O) groups is 1. The van der Waals surface area contributed by atoms with Gasteiger partial charge in [-0.25, -0.2) is 4.79 Å². The molecule has 164 valence electrons. The summed E-state index contributed by atoms with van der Waals surface area (Å²) in [5, 5.41) is 12.2. The van der Waals surface area contributed by atoms with Crippen LogP contribution in [0, 0.1) is 6.92 Å². The van der Waals surface area contributed by atoms with E-state index in [9.17, 15) is 9.90 Å². The van der Waals surface area contributed by atoms with Crippen LogP contribution in [0.15, 0.2) is 84.9 Å². The maximum absolute atomic E-state index is 12.5. The van der Waals surface area contributed by atoms with E-state index in [0.717, 1.165) is 33.7 Å². The number of fused-ring (bicyclic) bond motifs is 3. The van der Waals surface area contributed by atoms with Gasteiger partial charge in [0.1, 0.15) is 17.2 Å². The zero-order valence-electron chi connectivity index (χ0n) is 18.4. The third-order valence-electron chi connectivity index (χ3n) is 5.74. The Morgan fingerprint density at radius 3 is 2.39 bits per heavy atom. The molecular weight excluding hydrogens is 414 g/mol. The van der Waals surface area contributed by atoms with E-state index in [1.54, 1.807) is 12.1 Å². The van der Waals surface area contributed by atoms with Gasteiger partial charge >= 0.3 is 5.97 Å². The highest BCUT2D eigenvalue weighted by atomic mass is 16.5. The van der Waals surface area contributed by atoms with E-state index >= 15 is 0 Å². The summed E-state index contributed by atoms with van der Waals surface area (Å²) in [4.78, 5) is 12.5. The highest BCUT2D eigenvalue weighted by molar-refractivity contribution is 6.19. The molecule has 0 saturated carbocycles. The van der Waals surface area contributed by atoms with Gasteiger partial charge in [0, 0.05) is 11.9 Å². The number of hydrogen-bond donors (Lipinski definition) is 1. The Hall–Kier alpha value is -4.25. The molecule has 5 heteroatoms. The van der Waals surface area contributed by atoms with Crippen molar-refractivity contribution < 1.29 is 19.4 Å². The summed E-state index contributed by atoms with van der Waals surface area (Å²) in [6.45, 7) is 2.48. The fourth-order valence-electron chi connectivity index (χ4n) is 4.34. The SMILES string of the molecule is COC(=O)c1cccc2c1c1c(O)cc(C)cc1n2Cc1cccc(Oc2ccccc2)c1. The first-order valence-electron chi connectivity index (χ1n) is 10.7. The van der Waals surface area contributed by atoms with Crippen LogP contribution in [0.5, 0.6) is 17.2 Å². The first-order chi connectivity index (χ1) is 16.0. The lowest BCUT2D eigenvalue weighted by molar-refractivity contribution is 0.0603. The second-order valence-corrected chi connectivity index (χ2v) is 8.02. The lowest BCUT2D eigenvalue weighted by atomic mass is 10.0. The second-order valence-electron chi connectivity index (χ2n) is 8.02. The van der Waals surface area contributed by atoms with Crippen molar-refractivity contribution in [1.29, 1.82) is 0 Å². The van der Waals surface area contributed by atoms with Crippen molar-refractivity contribution in [2.45, 2.75) is 13.5 Å². The molecule has 1 heterocycles. The molecule has 1 N–H and O–H groups in total. The van der Waals surface area contributed by atoms with Crippen LogP contribution >= 0.6 is 0 Å². The summed E-state index contributed by atoms with van der Waals surface area (Å²) >= 11 is 0. The zero-order valence-corrected chi connectivity index (χ0v) is 18.4. The fraction of sp³-hybridized carbons (Fsp3) is 0.107. The highest BCUT2D eigenvalue weighted by Gasteiger charge is 2.21. The van der Waals surface area contributed by atoms with Gasteiger partial charge in [-0.15, -0.1) is 0 Å². The van der Waals surface area contributed by atoms with Crippen molar-refractivity contribution in [2.24, 2.45) is 0 Å². The molecule has 0 aliphatic carbocycles. The van der Waals surface area contributed by atoms with Crippen molar-refractivity contribution >= 4 is 27.8 Å². The molecule has 33 heavy (non-hydrogen) atoms. The molecule has 0 aliphatic heterocycles. The maximum Gasteiger partial charge on any atom is 0.338 e. The number of carbonyl (C=O) groups excluding carboxylic acids is 1. The summed E-state index contributed by atoms with van der Waals surface area (Å²) in [6, 6.07) is 26.8. The monoisotopic (exact) mass is 437 g/mol. The summed E-state index contributed by atoms with van der Waals surface area (Å²) in [5.41, 5.74) is 4.10. The van der Waals surface area contributed by atoms with Crippen LogP contribution in [-0.4, -0.2) is 22.8 Å². The molecular formula is C28H23NO4. The first-order valence-corrected chi connectivity index (χ1v) is 10.7. The molecule has 5 rings (SSSR count). The van der Waals surface area contributed by atoms with Crippen LogP contribution in [0.1, 0.15) is 21.5 Å². The molecule has 0 atom stereocenters. The van der Waals surface area contributed by atoms with Gasteiger partial charge in [0.2, 0.25) is 0 Å². The van der Waals surface area contributed by atoms with E-state index in [2.05, 4.69) is 4.57 Å². The molecule has 5 nitrogen and oxygen atoms in total. The average Bonchev–Trinajstić information content (AvgIpc) is 3.13. The van der Waals surface area contributed by atoms with Crippen molar-refractivity contribution in [3.63, 3.8) is 0 Å². The molecule has 0 amide bonds. The molecule has 0 bridgehead atoms. The molecule has 4 aromatic carbocycles. The summed E-state index contributed by atoms with van der Waals surface area (Å²) in [5.74, 6) is 1.23. The van der Waals surface area contributed by atoms with Gasteiger partial charge in [-0.1, -0.05) is 36.4 Å². The van der Waals surface area contributed by atoms with Crippen LogP contribution in [0.25, 0.3) is 21.8 Å². The fourth-order valence-corrected chi connectivity index (χ4v) is 4.34. The third-order valence-corrected chi connectivity index (χ3v) is 5.74. The Morgan fingerprint density at radius 2 is 1.61 bits per heavy atom. The van der Waals surface area contributed by atoms with E-state index < -0.39 is 5.97 Å². The number of esters is 1. The molecule has 0 unspecified atom stereocenters. The average molecular weight is 437 g/mol. The maximum atomic E-state index is 12.5. The van der Waals surface area contributed by atoms with Crippen LogP contribution in [0.3, 0.4) is 0 Å². The second kappa shape index (κ2) is 8.36. The van der Waals surface area contributed by atoms with Gasteiger partial charge in [-0.2, -0.15) is 0 Å². The minimum Gasteiger partial charge on any atom is -0.507 e. The van der Waals surface area contributed by atoms with E-state index in [4.69, 9.17) is 9.47 Å². The van der Waals surface area contributed by atoms with Crippen molar-refractivity contribution in [3.8, 4) is 17.2 Å². The largest absolute Gasteiger partial charge is 0.507 e. The molecule has 0 fully saturated rings. The number of rotatable bonds is 5. The van der Waals surface area contributed by atoms with Gasteiger partial charge in [0.25, 0.3) is 0 Å². The molecule has 1 aromatic heterocycles. The number of aromatic hydroxyl groups is 1. The normalized spacial score (nSPS) is 11.1. The van der Waals surface area contributed by atoms with Crippen molar-refractivity contribution in [1.82, 2.24) is 4.57 Å². The number of para-hydroxylation sites is 1. The molecule has 0 spiro atoms. The molecule has 5 aromatic rings. The number of methoxy groups -OCH3 is 1. The number of ether oxygens (including phenoxy) is 2. The lowest BCUT2D eigenvalue weighted by Gasteiger charge is -2.11. The number of hydrogen-bond acceptors (Lipinski definition) is 4. The standard InChI is InChI=1S/C28H23NO4/c1-18-14-24-27(25(30)15-18)26-22(28(31)32-2)12-7-13-23(26)29(24)17-19-8-6-11-21(16-19)33-20-9-4-3-5-10-20/h3-16,30H,17H2,1-2H3. The smallest absolute Gasteiger partial charge is 0.338 e. The number of aryl methyl sites for hydroxylation is 1. The van der Waals surface area contributed by atoms with Gasteiger partial charge in [-0.05, 0) is 66.6 Å². The van der Waals surface area contributed by atoms with Gasteiger partial charge in [0.05, 0.1) is 29.1 Å². The van der Waals surface area contributed by atoms with E-state index in [0.29, 0.717) is 22.9 Å². The number of aromatic nitrogens is 1. The van der Waals surface area contributed by atoms with Gasteiger partial charge < -0.3 is 19.1 Å². The Labute approximate surface area is 191 Å². The van der Waals surface area contributed by atoms with Crippen LogP contribution in [0.2, 0.25) is 0 Å². The topological polar surface area (TPSA) is 60.7 Å². The number of nitrogens with zero attached hydrogens (tertiary/aromatic N) is 1. The highest BCUT2D eigenvalue weighted by Crippen LogP contribution is 2.38. The van der Waals surface area contributed by atoms with Crippen molar-refractivity contribution in [2.75, 3.05) is 7.11 Å². The number of phenolic OH excluding ortho intramolecular Hbond substituents is 1. The lowest BCUT2D eigenvalue weighted by Crippen LogP contribution is -2.03. The van der Waals surface area contributed by atoms with Crippen LogP contribution in [-0.2, 0) is 11.3 Å². The number of phenols is 1. The van der Waals surface area contributed by atoms with E-state index in [1.807, 2.05) is 79.7 Å². The van der Waals surface area contributed by atoms with Crippen LogP contribution < -0.4 is 4.74 Å². The molecule has 0 saturated heterocycles. The summed E-state index contributed by atoms with van der Waals surface area (Å²) in [6.07, 6.45) is 0. The third kappa shape index (κ3) is 3.78. The van der Waals surface area contributed by atoms with E-state index in [1.165, 1.54) is 7.11 Å². The zero-order chi connectivity index (χ0) is 22.9. The Morgan fingerprint density at radius 1 is 0.848 bits per heavy atom. The molecule has 0 radical (unpaired) electrons. The number of benzene rings is 4. The Balaban J connectivity index is 1.66. The Bertz CT molecular complexity index is 1480. The summed E-state index contributed by atoms with van der Waals surface area (Å²) < 4.78 is 13.1. The van der Waals surface area contributed by atoms with Crippen LogP contribution in [0.4, 0.5) is 0 Å². The van der Waals surface area contributed by atoms with Crippen molar-refractivity contribution in [3.05, 3.63) is 102 Å². The quantitative estimate of drug-likeness (QED) is 0.322. The summed E-state index contributed by atoms with van der Waals surface area (Å²) in [7, 11) is 1.36. The predicted molar refractivity (Wildman–Crippen MR) is 129 cm³/mol. The predicted octanol–water partition coefficient (Wildman–Crippen LogP) is 6.44. The minimum atomic E-state index is -0.433. The Kier molecular flexibility index (Phi) is 5.23. The van der Waals surface area contributed by atoms with E-state index in [-0.39, 0.29) is 5.75 Å². The van der Waals surface area contributed by atoms with Gasteiger partial charge in [-0.3, -0.25) is 0 Å².